The van der Waals surface area contributed by atoms with Gasteiger partial charge in [0.15, 0.2) is 10.8 Å². The van der Waals surface area contributed by atoms with E-state index in [1.54, 1.807) is 30.3 Å². The Morgan fingerprint density at radius 2 is 2.06 bits per heavy atom. The van der Waals surface area contributed by atoms with Crippen LogP contribution < -0.4 is 10.6 Å². The first-order valence-corrected chi connectivity index (χ1v) is 12.6. The molecular formula is C17H16ClN5O7S3. The van der Waals surface area contributed by atoms with Crippen molar-refractivity contribution in [2.24, 2.45) is 5.16 Å². The van der Waals surface area contributed by atoms with Crippen molar-refractivity contribution in [3.63, 3.8) is 0 Å². The highest BCUT2D eigenvalue weighted by Gasteiger charge is 2.55. The Bertz CT molecular complexity index is 1190. The average molecular weight is 534 g/mol. The number of hydrogen-bond acceptors (Lipinski definition) is 10. The summed E-state index contributed by atoms with van der Waals surface area (Å²) >= 11 is 7.40. The van der Waals surface area contributed by atoms with Gasteiger partial charge in [-0.2, -0.15) is 12.7 Å². The van der Waals surface area contributed by atoms with Gasteiger partial charge in [-0.1, -0.05) is 35.1 Å². The lowest BCUT2D eigenvalue weighted by Gasteiger charge is -2.43. The zero-order valence-corrected chi connectivity index (χ0v) is 19.9. The molecule has 1 saturated heterocycles. The number of aromatic nitrogens is 1. The maximum absolute atomic E-state index is 12.9. The number of rotatable bonds is 9. The lowest BCUT2D eigenvalue weighted by molar-refractivity contribution is -0.140. The third-order valence-electron chi connectivity index (χ3n) is 4.05. The Kier molecular flexibility index (Phi) is 7.91. The fourth-order valence-electron chi connectivity index (χ4n) is 2.67. The minimum absolute atomic E-state index is 0.0369. The van der Waals surface area contributed by atoms with Gasteiger partial charge < -0.3 is 15.5 Å². The third-order valence-corrected chi connectivity index (χ3v) is 7.35. The zero-order valence-electron chi connectivity index (χ0n) is 16.7. The number of benzene rings is 1. The number of carbonyl (C=O) groups is 3. The number of halogens is 1. The quantitative estimate of drug-likeness (QED) is 0.139. The van der Waals surface area contributed by atoms with Crippen LogP contribution in [0.15, 0.2) is 45.8 Å². The van der Waals surface area contributed by atoms with Gasteiger partial charge in [-0.05, 0) is 12.1 Å². The Morgan fingerprint density at radius 1 is 1.36 bits per heavy atom. The van der Waals surface area contributed by atoms with Crippen LogP contribution in [-0.2, 0) is 29.5 Å². The van der Waals surface area contributed by atoms with E-state index in [1.807, 2.05) is 0 Å². The predicted molar refractivity (Wildman–Crippen MR) is 121 cm³/mol. The van der Waals surface area contributed by atoms with Crippen LogP contribution >= 0.6 is 34.7 Å². The molecule has 1 fully saturated rings. The lowest BCUT2D eigenvalue weighted by atomic mass is 10.1. The molecule has 3 N–H and O–H groups in total. The number of amides is 3. The smallest absolute Gasteiger partial charge is 0.363 e. The Labute approximate surface area is 201 Å². The largest absolute Gasteiger partial charge is 0.398 e. The molecule has 1 aliphatic rings. The van der Waals surface area contributed by atoms with E-state index in [0.717, 1.165) is 23.1 Å². The molecule has 0 saturated carbocycles. The summed E-state index contributed by atoms with van der Waals surface area (Å²) in [6.07, 6.45) is 0. The summed E-state index contributed by atoms with van der Waals surface area (Å²) in [5.41, 5.74) is -0.281. The SMILES string of the molecule is CON=C(C(=O)N[C@@H]1C(=O)N(S(=O)(=O)O)[C@H]1Sc1ccccc1)c1csc(NC(=O)CCl)n1. The molecule has 0 radical (unpaired) electrons. The first-order chi connectivity index (χ1) is 15.7. The van der Waals surface area contributed by atoms with Crippen molar-refractivity contribution in [2.45, 2.75) is 16.3 Å². The molecule has 33 heavy (non-hydrogen) atoms. The van der Waals surface area contributed by atoms with Crippen LogP contribution in [0.1, 0.15) is 5.69 Å². The highest BCUT2D eigenvalue weighted by molar-refractivity contribution is 8.00. The predicted octanol–water partition coefficient (Wildman–Crippen LogP) is 0.919. The van der Waals surface area contributed by atoms with E-state index in [0.29, 0.717) is 4.90 Å². The topological polar surface area (TPSA) is 167 Å². The second-order valence-electron chi connectivity index (χ2n) is 6.23. The number of thioether (sulfide) groups is 1. The van der Waals surface area contributed by atoms with Gasteiger partial charge in [-0.3, -0.25) is 18.9 Å². The number of carbonyl (C=O) groups excluding carboxylic acids is 3. The number of β-lactam (4-membered cyclic amide) rings is 1. The van der Waals surface area contributed by atoms with Crippen LogP contribution in [0, 0.1) is 0 Å². The zero-order chi connectivity index (χ0) is 24.2. The van der Waals surface area contributed by atoms with Crippen molar-refractivity contribution in [3.05, 3.63) is 41.4 Å². The van der Waals surface area contributed by atoms with Crippen molar-refractivity contribution in [1.82, 2.24) is 14.6 Å². The van der Waals surface area contributed by atoms with Gasteiger partial charge in [0.05, 0.1) is 0 Å². The average Bonchev–Trinajstić information content (AvgIpc) is 3.22. The third kappa shape index (κ3) is 5.80. The Hall–Kier alpha value is -2.72. The molecular weight excluding hydrogens is 518 g/mol. The second kappa shape index (κ2) is 10.5. The minimum Gasteiger partial charge on any atom is -0.398 e. The molecule has 3 amide bonds. The molecule has 0 aliphatic carbocycles. The van der Waals surface area contributed by atoms with Crippen LogP contribution in [0.3, 0.4) is 0 Å². The summed E-state index contributed by atoms with van der Waals surface area (Å²) < 4.78 is 33.0. The highest BCUT2D eigenvalue weighted by Crippen LogP contribution is 2.37. The van der Waals surface area contributed by atoms with Crippen molar-refractivity contribution >= 4 is 73.6 Å². The number of nitrogens with one attached hydrogen (secondary N) is 2. The van der Waals surface area contributed by atoms with Crippen LogP contribution in [0.25, 0.3) is 0 Å². The van der Waals surface area contributed by atoms with E-state index in [1.165, 1.54) is 12.5 Å². The van der Waals surface area contributed by atoms with E-state index in [4.69, 9.17) is 16.4 Å². The normalized spacial score (nSPS) is 18.5. The molecule has 2 atom stereocenters. The van der Waals surface area contributed by atoms with E-state index >= 15 is 0 Å². The van der Waals surface area contributed by atoms with Crippen LogP contribution in [-0.4, -0.2) is 70.1 Å². The molecule has 176 valence electrons. The molecule has 2 heterocycles. The van der Waals surface area contributed by atoms with Crippen molar-refractivity contribution < 1.29 is 32.2 Å². The van der Waals surface area contributed by atoms with Crippen LogP contribution in [0.4, 0.5) is 5.13 Å². The summed E-state index contributed by atoms with van der Waals surface area (Å²) in [6.45, 7) is 0. The standard InChI is InChI=1S/C17H16ClN5O7S3/c1-30-22-12(10-8-31-17(19-10)20-11(24)7-18)14(25)21-13-15(26)23(33(27,28)29)16(13)32-9-5-3-2-4-6-9/h2-6,8,13,16H,7H2,1H3,(H,21,25)(H,19,20,24)(H,27,28,29)/t13-,16+/m1/s1. The molecule has 1 aromatic heterocycles. The highest BCUT2D eigenvalue weighted by atomic mass is 35.5. The van der Waals surface area contributed by atoms with E-state index < -0.39 is 39.4 Å². The van der Waals surface area contributed by atoms with Crippen molar-refractivity contribution in [1.29, 1.82) is 0 Å². The number of alkyl halides is 1. The van der Waals surface area contributed by atoms with Crippen molar-refractivity contribution in [2.75, 3.05) is 18.3 Å². The number of anilines is 1. The maximum atomic E-state index is 12.9. The van der Waals surface area contributed by atoms with Gasteiger partial charge in [-0.25, -0.2) is 4.98 Å². The molecule has 12 nitrogen and oxygen atoms in total. The van der Waals surface area contributed by atoms with Gasteiger partial charge in [-0.15, -0.1) is 22.9 Å². The van der Waals surface area contributed by atoms with Gasteiger partial charge in [0.1, 0.15) is 30.1 Å². The first kappa shape index (κ1) is 24.9. The van der Waals surface area contributed by atoms with Crippen LogP contribution in [0.5, 0.6) is 0 Å². The molecule has 16 heteroatoms. The minimum atomic E-state index is -4.85. The van der Waals surface area contributed by atoms with Gasteiger partial charge in [0, 0.05) is 10.3 Å². The van der Waals surface area contributed by atoms with Gasteiger partial charge in [0.25, 0.3) is 11.8 Å². The fourth-order valence-corrected chi connectivity index (χ4v) is 5.74. The summed E-state index contributed by atoms with van der Waals surface area (Å²) in [5, 5.41) is 8.89. The van der Waals surface area contributed by atoms with Gasteiger partial charge >= 0.3 is 10.3 Å². The summed E-state index contributed by atoms with van der Waals surface area (Å²) in [7, 11) is -3.66. The Balaban J connectivity index is 1.81. The summed E-state index contributed by atoms with van der Waals surface area (Å²) in [6, 6.07) is 7.24. The van der Waals surface area contributed by atoms with Gasteiger partial charge in [0.2, 0.25) is 5.91 Å². The number of nitrogens with zero attached hydrogens (tertiary/aromatic N) is 3. The molecule has 0 spiro atoms. The Morgan fingerprint density at radius 3 is 2.67 bits per heavy atom. The molecule has 1 aromatic carbocycles. The van der Waals surface area contributed by atoms with E-state index in [-0.39, 0.29) is 26.7 Å². The number of hydrogen-bond donors (Lipinski definition) is 3. The maximum Gasteiger partial charge on any atom is 0.363 e. The molecule has 0 bridgehead atoms. The molecule has 2 aromatic rings. The first-order valence-electron chi connectivity index (χ1n) is 8.91. The molecule has 1 aliphatic heterocycles. The summed E-state index contributed by atoms with van der Waals surface area (Å²) in [5.74, 6) is -2.70. The lowest BCUT2D eigenvalue weighted by Crippen LogP contribution is -2.71. The number of oxime groups is 1. The van der Waals surface area contributed by atoms with E-state index in [2.05, 4.69) is 20.8 Å². The van der Waals surface area contributed by atoms with Crippen LogP contribution in [0.2, 0.25) is 0 Å². The monoisotopic (exact) mass is 533 g/mol. The van der Waals surface area contributed by atoms with E-state index in [9.17, 15) is 27.4 Å². The fraction of sp³-hybridized carbons (Fsp3) is 0.235. The molecule has 3 rings (SSSR count). The molecule has 0 unspecified atom stereocenters. The van der Waals surface area contributed by atoms with Crippen molar-refractivity contribution in [3.8, 4) is 0 Å². The number of thiazole rings is 1. The summed E-state index contributed by atoms with van der Waals surface area (Å²) in [4.78, 5) is 46.1. The second-order valence-corrected chi connectivity index (χ2v) is 9.83.